The highest BCUT2D eigenvalue weighted by Gasteiger charge is 2.21. The number of nitrogens with one attached hydrogen (secondary N) is 1. The summed E-state index contributed by atoms with van der Waals surface area (Å²) in [6.45, 7) is 0. The van der Waals surface area contributed by atoms with Gasteiger partial charge in [-0.25, -0.2) is 12.8 Å². The Hall–Kier alpha value is -1.99. The predicted molar refractivity (Wildman–Crippen MR) is 81.8 cm³/mol. The summed E-state index contributed by atoms with van der Waals surface area (Å²) in [6, 6.07) is 7.96. The molecule has 0 heterocycles. The molecule has 0 saturated heterocycles. The van der Waals surface area contributed by atoms with E-state index < -0.39 is 15.8 Å². The second-order valence-electron chi connectivity index (χ2n) is 4.25. The molecule has 0 bridgehead atoms. The van der Waals surface area contributed by atoms with Crippen LogP contribution in [0.4, 0.5) is 10.1 Å². The van der Waals surface area contributed by atoms with Gasteiger partial charge in [0.25, 0.3) is 10.0 Å². The normalized spacial score (nSPS) is 11.1. The van der Waals surface area contributed by atoms with Gasteiger partial charge in [-0.15, -0.1) is 0 Å². The molecule has 5 nitrogen and oxygen atoms in total. The van der Waals surface area contributed by atoms with Crippen molar-refractivity contribution < 1.29 is 22.3 Å². The number of ether oxygens (including phenoxy) is 2. The first kappa shape index (κ1) is 16.4. The molecule has 0 saturated carbocycles. The predicted octanol–water partition coefficient (Wildman–Crippen LogP) is 3.30. The van der Waals surface area contributed by atoms with Crippen molar-refractivity contribution in [2.45, 2.75) is 4.90 Å². The fraction of sp³-hybridized carbons (Fsp3) is 0.143. The number of benzene rings is 2. The Kier molecular flexibility index (Phi) is 4.77. The summed E-state index contributed by atoms with van der Waals surface area (Å²) in [5.74, 6) is -0.231. The van der Waals surface area contributed by atoms with Crippen LogP contribution in [0, 0.1) is 5.82 Å². The van der Waals surface area contributed by atoms with Crippen LogP contribution in [0.5, 0.6) is 11.5 Å². The van der Waals surface area contributed by atoms with Crippen LogP contribution in [-0.2, 0) is 10.0 Å². The molecule has 2 rings (SSSR count). The van der Waals surface area contributed by atoms with Gasteiger partial charge >= 0.3 is 0 Å². The number of methoxy groups -OCH3 is 2. The SMILES string of the molecule is COc1ccc(OC)c(S(=O)(=O)Nc2ccc(Cl)c(F)c2)c1. The molecule has 22 heavy (non-hydrogen) atoms. The van der Waals surface area contributed by atoms with E-state index in [2.05, 4.69) is 4.72 Å². The highest BCUT2D eigenvalue weighted by Crippen LogP contribution is 2.30. The van der Waals surface area contributed by atoms with E-state index in [1.807, 2.05) is 0 Å². The Bertz CT molecular complexity index is 795. The molecule has 0 aliphatic heterocycles. The molecule has 0 aromatic heterocycles. The monoisotopic (exact) mass is 345 g/mol. The maximum atomic E-state index is 13.4. The summed E-state index contributed by atoms with van der Waals surface area (Å²) in [4.78, 5) is -0.121. The molecular formula is C14H13ClFNO4S. The Labute approximate surface area is 132 Å². The highest BCUT2D eigenvalue weighted by molar-refractivity contribution is 7.92. The van der Waals surface area contributed by atoms with Crippen molar-refractivity contribution >= 4 is 27.3 Å². The largest absolute Gasteiger partial charge is 0.497 e. The van der Waals surface area contributed by atoms with Crippen LogP contribution in [0.15, 0.2) is 41.3 Å². The van der Waals surface area contributed by atoms with Crippen molar-refractivity contribution in [2.24, 2.45) is 0 Å². The van der Waals surface area contributed by atoms with Gasteiger partial charge in [-0.05, 0) is 30.3 Å². The number of halogens is 2. The maximum absolute atomic E-state index is 13.4. The third kappa shape index (κ3) is 3.42. The Balaban J connectivity index is 2.43. The smallest absolute Gasteiger partial charge is 0.265 e. The third-order valence-corrected chi connectivity index (χ3v) is 4.54. The lowest BCUT2D eigenvalue weighted by Crippen LogP contribution is -2.14. The topological polar surface area (TPSA) is 64.6 Å². The van der Waals surface area contributed by atoms with Crippen LogP contribution in [0.2, 0.25) is 5.02 Å². The first-order valence-electron chi connectivity index (χ1n) is 6.07. The number of anilines is 1. The van der Waals surface area contributed by atoms with E-state index >= 15 is 0 Å². The molecule has 118 valence electrons. The van der Waals surface area contributed by atoms with Crippen LogP contribution in [0.3, 0.4) is 0 Å². The molecule has 2 aromatic carbocycles. The van der Waals surface area contributed by atoms with Crippen molar-refractivity contribution in [1.29, 1.82) is 0 Å². The van der Waals surface area contributed by atoms with Gasteiger partial charge in [0.1, 0.15) is 22.2 Å². The molecule has 0 aliphatic rings. The average Bonchev–Trinajstić information content (AvgIpc) is 2.50. The lowest BCUT2D eigenvalue weighted by Gasteiger charge is -2.13. The van der Waals surface area contributed by atoms with Crippen molar-refractivity contribution in [2.75, 3.05) is 18.9 Å². The maximum Gasteiger partial charge on any atom is 0.265 e. The fourth-order valence-corrected chi connectivity index (χ4v) is 3.12. The molecule has 0 spiro atoms. The number of hydrogen-bond donors (Lipinski definition) is 1. The molecule has 0 unspecified atom stereocenters. The first-order chi connectivity index (χ1) is 10.4. The highest BCUT2D eigenvalue weighted by atomic mass is 35.5. The minimum absolute atomic E-state index is 0.0479. The van der Waals surface area contributed by atoms with Gasteiger partial charge in [-0.3, -0.25) is 4.72 Å². The van der Waals surface area contributed by atoms with Gasteiger partial charge in [0.05, 0.1) is 24.9 Å². The van der Waals surface area contributed by atoms with Gasteiger partial charge in [-0.1, -0.05) is 11.6 Å². The van der Waals surface area contributed by atoms with Crippen molar-refractivity contribution in [3.8, 4) is 11.5 Å². The minimum Gasteiger partial charge on any atom is -0.497 e. The van der Waals surface area contributed by atoms with Gasteiger partial charge in [-0.2, -0.15) is 0 Å². The van der Waals surface area contributed by atoms with E-state index in [0.717, 1.165) is 6.07 Å². The summed E-state index contributed by atoms with van der Waals surface area (Å²) in [7, 11) is -1.22. The van der Waals surface area contributed by atoms with E-state index in [1.54, 1.807) is 6.07 Å². The Morgan fingerprint density at radius 2 is 1.82 bits per heavy atom. The van der Waals surface area contributed by atoms with Gasteiger partial charge in [0.2, 0.25) is 0 Å². The summed E-state index contributed by atoms with van der Waals surface area (Å²) >= 11 is 5.57. The summed E-state index contributed by atoms with van der Waals surface area (Å²) in [6.07, 6.45) is 0. The van der Waals surface area contributed by atoms with Crippen LogP contribution in [0.1, 0.15) is 0 Å². The standard InChI is InChI=1S/C14H13ClFNO4S/c1-20-10-4-6-13(21-2)14(8-10)22(18,19)17-9-3-5-11(15)12(16)7-9/h3-8,17H,1-2H3. The zero-order valence-electron chi connectivity index (χ0n) is 11.8. The zero-order valence-corrected chi connectivity index (χ0v) is 13.3. The molecule has 0 radical (unpaired) electrons. The Morgan fingerprint density at radius 3 is 2.41 bits per heavy atom. The molecule has 0 fully saturated rings. The fourth-order valence-electron chi connectivity index (χ4n) is 1.76. The average molecular weight is 346 g/mol. The number of sulfonamides is 1. The van der Waals surface area contributed by atoms with E-state index in [4.69, 9.17) is 21.1 Å². The molecule has 8 heteroatoms. The van der Waals surface area contributed by atoms with Crippen molar-refractivity contribution in [3.63, 3.8) is 0 Å². The van der Waals surface area contributed by atoms with Crippen LogP contribution >= 0.6 is 11.6 Å². The summed E-state index contributed by atoms with van der Waals surface area (Å²) in [5.41, 5.74) is 0.0479. The summed E-state index contributed by atoms with van der Waals surface area (Å²) < 4.78 is 50.6. The van der Waals surface area contributed by atoms with E-state index in [9.17, 15) is 12.8 Å². The first-order valence-corrected chi connectivity index (χ1v) is 7.93. The van der Waals surface area contributed by atoms with Gasteiger partial charge in [0.15, 0.2) is 0 Å². The second kappa shape index (κ2) is 6.41. The minimum atomic E-state index is -3.98. The molecule has 0 amide bonds. The van der Waals surface area contributed by atoms with Crippen LogP contribution in [-0.4, -0.2) is 22.6 Å². The van der Waals surface area contributed by atoms with Crippen LogP contribution < -0.4 is 14.2 Å². The molecule has 0 aliphatic carbocycles. The summed E-state index contributed by atoms with van der Waals surface area (Å²) in [5, 5.41) is -0.0955. The second-order valence-corrected chi connectivity index (χ2v) is 6.31. The van der Waals surface area contributed by atoms with Gasteiger partial charge < -0.3 is 9.47 Å². The van der Waals surface area contributed by atoms with Crippen molar-refractivity contribution in [1.82, 2.24) is 0 Å². The van der Waals surface area contributed by atoms with E-state index in [1.165, 1.54) is 38.5 Å². The van der Waals surface area contributed by atoms with Crippen molar-refractivity contribution in [3.05, 3.63) is 47.2 Å². The van der Waals surface area contributed by atoms with E-state index in [0.29, 0.717) is 5.75 Å². The lowest BCUT2D eigenvalue weighted by molar-refractivity contribution is 0.392. The molecule has 0 atom stereocenters. The number of rotatable bonds is 5. The Morgan fingerprint density at radius 1 is 1.09 bits per heavy atom. The number of hydrogen-bond acceptors (Lipinski definition) is 4. The molecule has 1 N–H and O–H groups in total. The molecular weight excluding hydrogens is 333 g/mol. The molecule has 2 aromatic rings. The van der Waals surface area contributed by atoms with Gasteiger partial charge in [0, 0.05) is 6.07 Å². The third-order valence-electron chi connectivity index (χ3n) is 2.83. The lowest BCUT2D eigenvalue weighted by atomic mass is 10.3. The van der Waals surface area contributed by atoms with E-state index in [-0.39, 0.29) is 21.4 Å². The quantitative estimate of drug-likeness (QED) is 0.903. The van der Waals surface area contributed by atoms with Crippen LogP contribution in [0.25, 0.3) is 0 Å². The zero-order chi connectivity index (χ0) is 16.3.